The zero-order chi connectivity index (χ0) is 13.0. The van der Waals surface area contributed by atoms with E-state index < -0.39 is 5.54 Å². The van der Waals surface area contributed by atoms with E-state index in [0.29, 0.717) is 10.8 Å². The van der Waals surface area contributed by atoms with E-state index in [1.807, 2.05) is 0 Å². The van der Waals surface area contributed by atoms with Gasteiger partial charge >= 0.3 is 0 Å². The highest BCUT2D eigenvalue weighted by Gasteiger charge is 2.38. The van der Waals surface area contributed by atoms with Gasteiger partial charge in [-0.1, -0.05) is 11.6 Å². The molecule has 1 atom stereocenters. The number of rotatable bonds is 4. The summed E-state index contributed by atoms with van der Waals surface area (Å²) in [6, 6.07) is 7.06. The number of ether oxygens (including phenoxy) is 1. The highest BCUT2D eigenvalue weighted by Crippen LogP contribution is 2.22. The number of hydrogen-bond acceptors (Lipinski definition) is 3. The highest BCUT2D eigenvalue weighted by molar-refractivity contribution is 6.30. The minimum absolute atomic E-state index is 0.254. The van der Waals surface area contributed by atoms with Crippen LogP contribution in [0.3, 0.4) is 0 Å². The highest BCUT2D eigenvalue weighted by atomic mass is 35.5. The molecule has 1 heterocycles. The third-order valence-electron chi connectivity index (χ3n) is 3.26. The first kappa shape index (κ1) is 13.2. The molecule has 0 aliphatic carbocycles. The molecule has 98 valence electrons. The number of halogens is 1. The van der Waals surface area contributed by atoms with Crippen molar-refractivity contribution in [2.45, 2.75) is 24.8 Å². The molecule has 0 saturated carbocycles. The Labute approximate surface area is 111 Å². The maximum absolute atomic E-state index is 11.6. The molecule has 1 fully saturated rings. The van der Waals surface area contributed by atoms with Crippen molar-refractivity contribution < 1.29 is 9.53 Å². The van der Waals surface area contributed by atoms with Crippen LogP contribution in [0.5, 0.6) is 5.75 Å². The standard InChI is InChI=1S/C13H17ClN2O2/c14-10-3-5-11(6-4-10)18-9-13(12(15)17)7-1-2-8-16-13/h3-6,16H,1-2,7-9H2,(H2,15,17). The van der Waals surface area contributed by atoms with Crippen LogP contribution in [-0.4, -0.2) is 24.6 Å². The lowest BCUT2D eigenvalue weighted by Gasteiger charge is -2.35. The average molecular weight is 269 g/mol. The van der Waals surface area contributed by atoms with Crippen LogP contribution < -0.4 is 15.8 Å². The average Bonchev–Trinajstić information content (AvgIpc) is 2.39. The molecule has 1 unspecified atom stereocenters. The lowest BCUT2D eigenvalue weighted by molar-refractivity contribution is -0.126. The maximum atomic E-state index is 11.6. The Morgan fingerprint density at radius 1 is 1.39 bits per heavy atom. The first-order chi connectivity index (χ1) is 8.62. The summed E-state index contributed by atoms with van der Waals surface area (Å²) >= 11 is 5.80. The van der Waals surface area contributed by atoms with Crippen molar-refractivity contribution in [1.82, 2.24) is 5.32 Å². The molecule has 1 amide bonds. The van der Waals surface area contributed by atoms with Crippen molar-refractivity contribution in [3.05, 3.63) is 29.3 Å². The second-order valence-corrected chi connectivity index (χ2v) is 5.01. The molecule has 0 radical (unpaired) electrons. The second kappa shape index (κ2) is 5.59. The molecule has 1 aromatic rings. The largest absolute Gasteiger partial charge is 0.491 e. The van der Waals surface area contributed by atoms with E-state index >= 15 is 0 Å². The van der Waals surface area contributed by atoms with Crippen LogP contribution in [0.25, 0.3) is 0 Å². The van der Waals surface area contributed by atoms with Gasteiger partial charge in [0.1, 0.15) is 17.9 Å². The van der Waals surface area contributed by atoms with E-state index in [-0.39, 0.29) is 12.5 Å². The van der Waals surface area contributed by atoms with E-state index in [0.717, 1.165) is 25.8 Å². The molecule has 1 saturated heterocycles. The molecule has 1 aliphatic heterocycles. The van der Waals surface area contributed by atoms with Gasteiger partial charge in [0.25, 0.3) is 0 Å². The summed E-state index contributed by atoms with van der Waals surface area (Å²) in [7, 11) is 0. The smallest absolute Gasteiger partial charge is 0.241 e. The van der Waals surface area contributed by atoms with Gasteiger partial charge in [-0.05, 0) is 50.1 Å². The minimum Gasteiger partial charge on any atom is -0.491 e. The van der Waals surface area contributed by atoms with Crippen molar-refractivity contribution in [1.29, 1.82) is 0 Å². The Morgan fingerprint density at radius 3 is 2.67 bits per heavy atom. The van der Waals surface area contributed by atoms with E-state index in [9.17, 15) is 4.79 Å². The van der Waals surface area contributed by atoms with Crippen LogP contribution in [0.4, 0.5) is 0 Å². The van der Waals surface area contributed by atoms with Gasteiger partial charge in [-0.15, -0.1) is 0 Å². The van der Waals surface area contributed by atoms with Crippen LogP contribution in [-0.2, 0) is 4.79 Å². The maximum Gasteiger partial charge on any atom is 0.241 e. The fourth-order valence-electron chi connectivity index (χ4n) is 2.11. The summed E-state index contributed by atoms with van der Waals surface area (Å²) in [6.07, 6.45) is 2.77. The van der Waals surface area contributed by atoms with Gasteiger partial charge in [-0.25, -0.2) is 0 Å². The van der Waals surface area contributed by atoms with Gasteiger partial charge in [0.05, 0.1) is 0 Å². The monoisotopic (exact) mass is 268 g/mol. The van der Waals surface area contributed by atoms with Gasteiger partial charge in [-0.2, -0.15) is 0 Å². The predicted molar refractivity (Wildman–Crippen MR) is 70.7 cm³/mol. The third-order valence-corrected chi connectivity index (χ3v) is 3.52. The van der Waals surface area contributed by atoms with E-state index in [2.05, 4.69) is 5.32 Å². The Hall–Kier alpha value is -1.26. The Balaban J connectivity index is 2.01. The summed E-state index contributed by atoms with van der Waals surface area (Å²) in [5.41, 5.74) is 4.75. The van der Waals surface area contributed by atoms with Gasteiger partial charge in [-0.3, -0.25) is 4.79 Å². The number of nitrogens with one attached hydrogen (secondary N) is 1. The number of carbonyl (C=O) groups excluding carboxylic acids is 1. The Kier molecular flexibility index (Phi) is 4.09. The molecule has 0 aromatic heterocycles. The molecule has 3 N–H and O–H groups in total. The number of primary amides is 1. The van der Waals surface area contributed by atoms with Gasteiger partial charge < -0.3 is 15.8 Å². The van der Waals surface area contributed by atoms with Crippen molar-refractivity contribution in [2.24, 2.45) is 5.73 Å². The van der Waals surface area contributed by atoms with Gasteiger partial charge in [0, 0.05) is 5.02 Å². The molecule has 1 aromatic carbocycles. The van der Waals surface area contributed by atoms with Crippen LogP contribution in [0.15, 0.2) is 24.3 Å². The molecule has 0 bridgehead atoms. The zero-order valence-corrected chi connectivity index (χ0v) is 10.9. The van der Waals surface area contributed by atoms with Crippen molar-refractivity contribution >= 4 is 17.5 Å². The van der Waals surface area contributed by atoms with Crippen LogP contribution in [0, 0.1) is 0 Å². The molecule has 4 nitrogen and oxygen atoms in total. The van der Waals surface area contributed by atoms with Crippen molar-refractivity contribution in [3.63, 3.8) is 0 Å². The SMILES string of the molecule is NC(=O)C1(COc2ccc(Cl)cc2)CCCCN1. The summed E-state index contributed by atoms with van der Waals surface area (Å²) in [4.78, 5) is 11.6. The van der Waals surface area contributed by atoms with Crippen LogP contribution >= 0.6 is 11.6 Å². The molecule has 0 spiro atoms. The number of carbonyl (C=O) groups is 1. The molecule has 18 heavy (non-hydrogen) atoms. The van der Waals surface area contributed by atoms with Crippen LogP contribution in [0.2, 0.25) is 5.02 Å². The molecule has 2 rings (SSSR count). The fourth-order valence-corrected chi connectivity index (χ4v) is 2.24. The lowest BCUT2D eigenvalue weighted by atomic mass is 9.89. The number of amides is 1. The predicted octanol–water partition coefficient (Wildman–Crippen LogP) is 1.72. The Bertz CT molecular complexity index is 414. The second-order valence-electron chi connectivity index (χ2n) is 4.57. The van der Waals surface area contributed by atoms with Crippen molar-refractivity contribution in [2.75, 3.05) is 13.2 Å². The minimum atomic E-state index is -0.738. The van der Waals surface area contributed by atoms with Gasteiger partial charge in [0.2, 0.25) is 5.91 Å². The molecular weight excluding hydrogens is 252 g/mol. The number of nitrogens with two attached hydrogens (primary N) is 1. The zero-order valence-electron chi connectivity index (χ0n) is 10.1. The first-order valence-corrected chi connectivity index (χ1v) is 6.43. The normalized spacial score (nSPS) is 23.6. The quantitative estimate of drug-likeness (QED) is 0.874. The summed E-state index contributed by atoms with van der Waals surface area (Å²) in [5.74, 6) is 0.337. The van der Waals surface area contributed by atoms with Crippen molar-refractivity contribution in [3.8, 4) is 5.75 Å². The summed E-state index contributed by atoms with van der Waals surface area (Å²) < 4.78 is 5.64. The van der Waals surface area contributed by atoms with E-state index in [4.69, 9.17) is 22.1 Å². The van der Waals surface area contributed by atoms with E-state index in [1.54, 1.807) is 24.3 Å². The van der Waals surface area contributed by atoms with E-state index in [1.165, 1.54) is 0 Å². The third kappa shape index (κ3) is 2.94. The molecule has 1 aliphatic rings. The van der Waals surface area contributed by atoms with Crippen LogP contribution in [0.1, 0.15) is 19.3 Å². The molecular formula is C13H17ClN2O2. The fraction of sp³-hybridized carbons (Fsp3) is 0.462. The summed E-state index contributed by atoms with van der Waals surface area (Å²) in [5, 5.41) is 3.84. The van der Waals surface area contributed by atoms with Gasteiger partial charge in [0.15, 0.2) is 0 Å². The molecule has 5 heteroatoms. The topological polar surface area (TPSA) is 64.4 Å². The number of piperidine rings is 1. The number of benzene rings is 1. The first-order valence-electron chi connectivity index (χ1n) is 6.06. The lowest BCUT2D eigenvalue weighted by Crippen LogP contribution is -2.61. The Morgan fingerprint density at radius 2 is 2.11 bits per heavy atom. The number of hydrogen-bond donors (Lipinski definition) is 2. The summed E-state index contributed by atoms with van der Waals surface area (Å²) in [6.45, 7) is 1.05.